The quantitative estimate of drug-likeness (QED) is 0.299. The molecule has 6 heteroatoms. The smallest absolute Gasteiger partial charge is 0.301 e. The first kappa shape index (κ1) is 23.2. The molecule has 0 saturated carbocycles. The summed E-state index contributed by atoms with van der Waals surface area (Å²) in [6.45, 7) is 8.45. The molecule has 2 aromatic carbocycles. The largest absolute Gasteiger partial charge is 0.507 e. The first-order chi connectivity index (χ1) is 16.3. The minimum absolute atomic E-state index is 0.0419. The number of nitrogens with zero attached hydrogens (tertiary/aromatic N) is 2. The van der Waals surface area contributed by atoms with E-state index in [9.17, 15) is 14.7 Å². The zero-order chi connectivity index (χ0) is 24.4. The third-order valence-corrected chi connectivity index (χ3v) is 6.02. The van der Waals surface area contributed by atoms with Crippen LogP contribution in [0.3, 0.4) is 0 Å². The molecule has 1 N–H and O–H groups in total. The summed E-state index contributed by atoms with van der Waals surface area (Å²) >= 11 is 0. The summed E-state index contributed by atoms with van der Waals surface area (Å²) in [6.07, 6.45) is 1.57. The van der Waals surface area contributed by atoms with Gasteiger partial charge in [-0.1, -0.05) is 44.2 Å². The molecule has 6 nitrogen and oxygen atoms in total. The van der Waals surface area contributed by atoms with Gasteiger partial charge in [0.25, 0.3) is 5.78 Å². The summed E-state index contributed by atoms with van der Waals surface area (Å²) in [4.78, 5) is 32.2. The Morgan fingerprint density at radius 2 is 1.82 bits per heavy atom. The van der Waals surface area contributed by atoms with Crippen LogP contribution < -0.4 is 9.64 Å². The van der Waals surface area contributed by atoms with Crippen LogP contribution >= 0.6 is 0 Å². The molecule has 2 heterocycles. The highest BCUT2D eigenvalue weighted by Gasteiger charge is 2.47. The maximum Gasteiger partial charge on any atom is 0.301 e. The molecule has 0 spiro atoms. The molecule has 1 fully saturated rings. The van der Waals surface area contributed by atoms with E-state index in [2.05, 4.69) is 18.8 Å². The molecule has 0 aliphatic carbocycles. The van der Waals surface area contributed by atoms with Gasteiger partial charge >= 0.3 is 5.91 Å². The van der Waals surface area contributed by atoms with Crippen molar-refractivity contribution in [2.45, 2.75) is 39.7 Å². The summed E-state index contributed by atoms with van der Waals surface area (Å²) in [6, 6.07) is 17.4. The number of anilines is 1. The molecule has 1 amide bonds. The van der Waals surface area contributed by atoms with E-state index in [0.29, 0.717) is 29.7 Å². The van der Waals surface area contributed by atoms with Gasteiger partial charge in [0.1, 0.15) is 17.3 Å². The highest BCUT2D eigenvalue weighted by atomic mass is 16.5. The van der Waals surface area contributed by atoms with Gasteiger partial charge in [0.05, 0.1) is 18.2 Å². The molecule has 1 aromatic heterocycles. The van der Waals surface area contributed by atoms with Crippen LogP contribution in [0, 0.1) is 6.92 Å². The fourth-order valence-electron chi connectivity index (χ4n) is 4.25. The number of hydrogen-bond donors (Lipinski definition) is 1. The standard InChI is InChI=1S/C28H28N2O4/c1-5-34-21-13-14-22(18(4)16-21)26(31)24-25(20-11-9-19(10-12-20)17(2)3)30(28(33)27(24)32)23-8-6-7-15-29-23/h6-17,25,31H,5H2,1-4H3/b26-24+. The molecule has 174 valence electrons. The lowest BCUT2D eigenvalue weighted by Crippen LogP contribution is -2.30. The Morgan fingerprint density at radius 1 is 1.09 bits per heavy atom. The van der Waals surface area contributed by atoms with Crippen LogP contribution in [0.1, 0.15) is 55.0 Å². The molecule has 1 unspecified atom stereocenters. The van der Waals surface area contributed by atoms with Gasteiger partial charge in [0.2, 0.25) is 0 Å². The summed E-state index contributed by atoms with van der Waals surface area (Å²) in [5, 5.41) is 11.4. The number of carbonyl (C=O) groups excluding carboxylic acids is 2. The Hall–Kier alpha value is -3.93. The monoisotopic (exact) mass is 456 g/mol. The summed E-state index contributed by atoms with van der Waals surface area (Å²) in [5.41, 5.74) is 3.12. The molecular formula is C28H28N2O4. The average molecular weight is 457 g/mol. The molecule has 0 bridgehead atoms. The van der Waals surface area contributed by atoms with Gasteiger partial charge in [-0.25, -0.2) is 4.98 Å². The Morgan fingerprint density at radius 3 is 2.41 bits per heavy atom. The van der Waals surface area contributed by atoms with E-state index in [4.69, 9.17) is 4.74 Å². The van der Waals surface area contributed by atoms with Crippen molar-refractivity contribution < 1.29 is 19.4 Å². The van der Waals surface area contributed by atoms with E-state index in [-0.39, 0.29) is 11.3 Å². The zero-order valence-corrected chi connectivity index (χ0v) is 19.8. The van der Waals surface area contributed by atoms with Gasteiger partial charge in [0.15, 0.2) is 0 Å². The number of ether oxygens (including phenoxy) is 1. The SMILES string of the molecule is CCOc1ccc(/C(O)=C2\C(=O)C(=O)N(c3ccccn3)C2c2ccc(C(C)C)cc2)c(C)c1. The number of rotatable bonds is 6. The number of pyridine rings is 1. The fraction of sp³-hybridized carbons (Fsp3) is 0.250. The van der Waals surface area contributed by atoms with Gasteiger partial charge < -0.3 is 9.84 Å². The van der Waals surface area contributed by atoms with Crippen LogP contribution in [0.2, 0.25) is 0 Å². The number of Topliss-reactive ketones (excluding diaryl/α,β-unsaturated/α-hetero) is 1. The van der Waals surface area contributed by atoms with Crippen LogP contribution in [0.4, 0.5) is 5.82 Å². The number of hydrogen-bond acceptors (Lipinski definition) is 5. The minimum Gasteiger partial charge on any atom is -0.507 e. The van der Waals surface area contributed by atoms with Crippen molar-refractivity contribution >= 4 is 23.3 Å². The number of aromatic nitrogens is 1. The Labute approximate surface area is 199 Å². The summed E-state index contributed by atoms with van der Waals surface area (Å²) in [7, 11) is 0. The van der Waals surface area contributed by atoms with E-state index in [1.165, 1.54) is 4.90 Å². The van der Waals surface area contributed by atoms with Crippen LogP contribution in [-0.4, -0.2) is 28.4 Å². The Kier molecular flexibility index (Phi) is 6.50. The number of amides is 1. The lowest BCUT2D eigenvalue weighted by Gasteiger charge is -2.25. The fourth-order valence-corrected chi connectivity index (χ4v) is 4.25. The Bertz CT molecular complexity index is 1250. The van der Waals surface area contributed by atoms with E-state index in [1.807, 2.05) is 38.1 Å². The van der Waals surface area contributed by atoms with Crippen LogP contribution in [-0.2, 0) is 9.59 Å². The van der Waals surface area contributed by atoms with Gasteiger partial charge in [-0.2, -0.15) is 0 Å². The van der Waals surface area contributed by atoms with Crippen molar-refractivity contribution in [1.29, 1.82) is 0 Å². The van der Waals surface area contributed by atoms with Gasteiger partial charge in [0, 0.05) is 11.8 Å². The van der Waals surface area contributed by atoms with E-state index >= 15 is 0 Å². The molecule has 1 atom stereocenters. The minimum atomic E-state index is -0.804. The molecule has 0 radical (unpaired) electrons. The van der Waals surface area contributed by atoms with E-state index in [0.717, 1.165) is 16.7 Å². The second-order valence-corrected chi connectivity index (χ2v) is 8.59. The molecule has 1 aliphatic rings. The van der Waals surface area contributed by atoms with Crippen molar-refractivity contribution in [2.24, 2.45) is 0 Å². The predicted molar refractivity (Wildman–Crippen MR) is 132 cm³/mol. The second kappa shape index (κ2) is 9.51. The van der Waals surface area contributed by atoms with Crippen LogP contribution in [0.25, 0.3) is 5.76 Å². The highest BCUT2D eigenvalue weighted by Crippen LogP contribution is 2.42. The molecule has 3 aromatic rings. The lowest BCUT2D eigenvalue weighted by molar-refractivity contribution is -0.132. The normalized spacial score (nSPS) is 17.4. The Balaban J connectivity index is 1.90. The van der Waals surface area contributed by atoms with Gasteiger partial charge in [-0.15, -0.1) is 0 Å². The average Bonchev–Trinajstić information content (AvgIpc) is 3.10. The van der Waals surface area contributed by atoms with E-state index < -0.39 is 17.7 Å². The molecule has 4 rings (SSSR count). The number of aryl methyl sites for hydroxylation is 1. The zero-order valence-electron chi connectivity index (χ0n) is 19.8. The number of ketones is 1. The maximum absolute atomic E-state index is 13.3. The number of aliphatic hydroxyl groups is 1. The lowest BCUT2D eigenvalue weighted by atomic mass is 9.92. The predicted octanol–water partition coefficient (Wildman–Crippen LogP) is 5.54. The van der Waals surface area contributed by atoms with Gasteiger partial charge in [-0.05, 0) is 66.8 Å². The highest BCUT2D eigenvalue weighted by molar-refractivity contribution is 6.51. The molecule has 1 saturated heterocycles. The van der Waals surface area contributed by atoms with Gasteiger partial charge in [-0.3, -0.25) is 14.5 Å². The molecule has 34 heavy (non-hydrogen) atoms. The first-order valence-electron chi connectivity index (χ1n) is 11.4. The van der Waals surface area contributed by atoms with Crippen molar-refractivity contribution in [2.75, 3.05) is 11.5 Å². The van der Waals surface area contributed by atoms with Crippen molar-refractivity contribution in [1.82, 2.24) is 4.98 Å². The topological polar surface area (TPSA) is 79.7 Å². The summed E-state index contributed by atoms with van der Waals surface area (Å²) < 4.78 is 5.55. The number of benzene rings is 2. The second-order valence-electron chi connectivity index (χ2n) is 8.59. The van der Waals surface area contributed by atoms with Crippen molar-refractivity contribution in [3.63, 3.8) is 0 Å². The first-order valence-corrected chi connectivity index (χ1v) is 11.4. The third-order valence-electron chi connectivity index (χ3n) is 6.02. The number of aliphatic hydroxyl groups excluding tert-OH is 1. The van der Waals surface area contributed by atoms with Crippen molar-refractivity contribution in [3.8, 4) is 5.75 Å². The van der Waals surface area contributed by atoms with Crippen molar-refractivity contribution in [3.05, 3.63) is 94.7 Å². The molecular weight excluding hydrogens is 428 g/mol. The third kappa shape index (κ3) is 4.19. The summed E-state index contributed by atoms with van der Waals surface area (Å²) in [5.74, 6) is -0.314. The van der Waals surface area contributed by atoms with Crippen LogP contribution in [0.15, 0.2) is 72.4 Å². The number of carbonyl (C=O) groups is 2. The van der Waals surface area contributed by atoms with Crippen LogP contribution in [0.5, 0.6) is 5.75 Å². The van der Waals surface area contributed by atoms with E-state index in [1.54, 1.807) is 42.6 Å². The molecule has 1 aliphatic heterocycles. The maximum atomic E-state index is 13.3.